The number of hydrogen-bond donors (Lipinski definition) is 1. The molecule has 2 aromatic rings. The zero-order chi connectivity index (χ0) is 19.4. The number of hydrogen-bond acceptors (Lipinski definition) is 4. The van der Waals surface area contributed by atoms with Crippen molar-refractivity contribution in [3.63, 3.8) is 0 Å². The number of allylic oxidation sites excluding steroid dienone is 3. The van der Waals surface area contributed by atoms with Crippen molar-refractivity contribution in [3.05, 3.63) is 88.5 Å². The van der Waals surface area contributed by atoms with E-state index in [9.17, 15) is 9.18 Å². The van der Waals surface area contributed by atoms with Crippen LogP contribution in [0.3, 0.4) is 0 Å². The van der Waals surface area contributed by atoms with Crippen molar-refractivity contribution in [2.75, 3.05) is 7.11 Å². The Balaban J connectivity index is 1.92. The second kappa shape index (κ2) is 8.08. The first-order chi connectivity index (χ1) is 13.0. The van der Waals surface area contributed by atoms with Crippen molar-refractivity contribution in [1.82, 2.24) is 5.32 Å². The molecule has 0 fully saturated rings. The Morgan fingerprint density at radius 2 is 1.81 bits per heavy atom. The highest BCUT2D eigenvalue weighted by Gasteiger charge is 2.29. The number of dihydropyridines is 1. The molecule has 0 saturated carbocycles. The minimum atomic E-state index is -0.373. The first-order valence-corrected chi connectivity index (χ1v) is 8.70. The number of carbonyl (C=O) groups is 1. The number of rotatable bonds is 5. The second-order valence-electron chi connectivity index (χ2n) is 6.44. The van der Waals surface area contributed by atoms with Gasteiger partial charge in [-0.3, -0.25) is 0 Å². The molecule has 1 aliphatic rings. The van der Waals surface area contributed by atoms with Crippen LogP contribution in [0.5, 0.6) is 5.75 Å². The van der Waals surface area contributed by atoms with Crippen molar-refractivity contribution in [2.24, 2.45) is 0 Å². The number of esters is 1. The SMILES string of the molecule is COC(=O)C1=C(C)NC(C)=CC1c1ccccc1OCc1ccc(F)cc1. The lowest BCUT2D eigenvalue weighted by Crippen LogP contribution is -2.25. The number of carbonyl (C=O) groups excluding carboxylic acids is 1. The van der Waals surface area contributed by atoms with Gasteiger partial charge in [0.25, 0.3) is 0 Å². The van der Waals surface area contributed by atoms with Crippen LogP contribution in [0.4, 0.5) is 4.39 Å². The minimum absolute atomic E-state index is 0.275. The van der Waals surface area contributed by atoms with Gasteiger partial charge in [-0.15, -0.1) is 0 Å². The molecule has 0 spiro atoms. The van der Waals surface area contributed by atoms with Crippen LogP contribution in [0.1, 0.15) is 30.9 Å². The summed E-state index contributed by atoms with van der Waals surface area (Å²) in [5, 5.41) is 3.19. The van der Waals surface area contributed by atoms with Crippen molar-refractivity contribution in [2.45, 2.75) is 26.4 Å². The van der Waals surface area contributed by atoms with E-state index in [0.717, 1.165) is 22.5 Å². The summed E-state index contributed by atoms with van der Waals surface area (Å²) in [5.41, 5.74) is 4.02. The Morgan fingerprint density at radius 1 is 1.11 bits per heavy atom. The Hall–Kier alpha value is -3.08. The monoisotopic (exact) mass is 367 g/mol. The molecule has 1 atom stereocenters. The Morgan fingerprint density at radius 3 is 2.52 bits per heavy atom. The van der Waals surface area contributed by atoms with E-state index in [0.29, 0.717) is 17.9 Å². The molecule has 2 aromatic carbocycles. The molecule has 0 bridgehead atoms. The van der Waals surface area contributed by atoms with Crippen molar-refractivity contribution in [3.8, 4) is 5.75 Å². The van der Waals surface area contributed by atoms with Gasteiger partial charge in [-0.05, 0) is 37.6 Å². The normalized spacial score (nSPS) is 16.4. The van der Waals surface area contributed by atoms with Crippen molar-refractivity contribution < 1.29 is 18.7 Å². The highest BCUT2D eigenvalue weighted by Crippen LogP contribution is 2.37. The predicted molar refractivity (Wildman–Crippen MR) is 102 cm³/mol. The average Bonchev–Trinajstić information content (AvgIpc) is 2.66. The predicted octanol–water partition coefficient (Wildman–Crippen LogP) is 4.44. The molecule has 140 valence electrons. The zero-order valence-corrected chi connectivity index (χ0v) is 15.6. The van der Waals surface area contributed by atoms with Crippen LogP contribution in [0, 0.1) is 5.82 Å². The van der Waals surface area contributed by atoms with Gasteiger partial charge in [0.2, 0.25) is 0 Å². The highest BCUT2D eigenvalue weighted by atomic mass is 19.1. The van der Waals surface area contributed by atoms with Gasteiger partial charge in [0, 0.05) is 22.9 Å². The largest absolute Gasteiger partial charge is 0.489 e. The average molecular weight is 367 g/mol. The summed E-state index contributed by atoms with van der Waals surface area (Å²) >= 11 is 0. The molecule has 0 saturated heterocycles. The molecule has 0 aromatic heterocycles. The van der Waals surface area contributed by atoms with Crippen LogP contribution in [0.2, 0.25) is 0 Å². The number of ether oxygens (including phenoxy) is 2. The van der Waals surface area contributed by atoms with Gasteiger partial charge < -0.3 is 14.8 Å². The maximum Gasteiger partial charge on any atom is 0.336 e. The first kappa shape index (κ1) is 18.7. The standard InChI is InChI=1S/C22H22FNO3/c1-14-12-19(21(15(2)24-14)22(25)26-3)18-6-4-5-7-20(18)27-13-16-8-10-17(23)11-9-16/h4-12,19,24H,13H2,1-3H3. The maximum absolute atomic E-state index is 13.1. The summed E-state index contributed by atoms with van der Waals surface area (Å²) in [6, 6.07) is 13.8. The lowest BCUT2D eigenvalue weighted by Gasteiger charge is -2.26. The highest BCUT2D eigenvalue weighted by molar-refractivity contribution is 5.92. The molecule has 1 aliphatic heterocycles. The second-order valence-corrected chi connectivity index (χ2v) is 6.44. The van der Waals surface area contributed by atoms with E-state index >= 15 is 0 Å². The first-order valence-electron chi connectivity index (χ1n) is 8.70. The quantitative estimate of drug-likeness (QED) is 0.794. The fraction of sp³-hybridized carbons (Fsp3) is 0.227. The van der Waals surface area contributed by atoms with Crippen LogP contribution in [-0.2, 0) is 16.1 Å². The number of benzene rings is 2. The summed E-state index contributed by atoms with van der Waals surface area (Å²) in [6.45, 7) is 4.12. The molecule has 27 heavy (non-hydrogen) atoms. The van der Waals surface area contributed by atoms with Crippen LogP contribution >= 0.6 is 0 Å². The molecule has 0 amide bonds. The van der Waals surface area contributed by atoms with E-state index in [2.05, 4.69) is 5.32 Å². The number of methoxy groups -OCH3 is 1. The van der Waals surface area contributed by atoms with E-state index in [1.54, 1.807) is 12.1 Å². The third kappa shape index (κ3) is 4.19. The van der Waals surface area contributed by atoms with Gasteiger partial charge >= 0.3 is 5.97 Å². The van der Waals surface area contributed by atoms with Crippen LogP contribution < -0.4 is 10.1 Å². The minimum Gasteiger partial charge on any atom is -0.489 e. The molecule has 1 unspecified atom stereocenters. The van der Waals surface area contributed by atoms with Gasteiger partial charge in [-0.1, -0.05) is 36.4 Å². The van der Waals surface area contributed by atoms with Gasteiger partial charge in [0.15, 0.2) is 0 Å². The molecule has 0 aliphatic carbocycles. The fourth-order valence-corrected chi connectivity index (χ4v) is 3.22. The summed E-state index contributed by atoms with van der Waals surface area (Å²) in [4.78, 5) is 12.4. The van der Waals surface area contributed by atoms with Gasteiger partial charge in [-0.2, -0.15) is 0 Å². The summed E-state index contributed by atoms with van der Waals surface area (Å²) in [5.74, 6) is -0.255. The Labute approximate surface area is 158 Å². The molecule has 4 nitrogen and oxygen atoms in total. The molecule has 5 heteroatoms. The van der Waals surface area contributed by atoms with Gasteiger partial charge in [0.05, 0.1) is 12.7 Å². The van der Waals surface area contributed by atoms with Crippen molar-refractivity contribution in [1.29, 1.82) is 0 Å². The molecule has 1 N–H and O–H groups in total. The van der Waals surface area contributed by atoms with E-state index in [1.807, 2.05) is 44.2 Å². The van der Waals surface area contributed by atoms with E-state index < -0.39 is 0 Å². The summed E-state index contributed by atoms with van der Waals surface area (Å²) in [7, 11) is 1.38. The molecule has 3 rings (SSSR count). The number of halogens is 1. The van der Waals surface area contributed by atoms with Gasteiger partial charge in [-0.25, -0.2) is 9.18 Å². The molecule has 0 radical (unpaired) electrons. The van der Waals surface area contributed by atoms with Gasteiger partial charge in [0.1, 0.15) is 18.2 Å². The maximum atomic E-state index is 13.1. The topological polar surface area (TPSA) is 47.6 Å². The Kier molecular flexibility index (Phi) is 5.60. The number of para-hydroxylation sites is 1. The molecular weight excluding hydrogens is 345 g/mol. The zero-order valence-electron chi connectivity index (χ0n) is 15.6. The van der Waals surface area contributed by atoms with Crippen LogP contribution in [-0.4, -0.2) is 13.1 Å². The Bertz CT molecular complexity index is 900. The van der Waals surface area contributed by atoms with E-state index in [1.165, 1.54) is 19.2 Å². The third-order valence-corrected chi connectivity index (χ3v) is 4.48. The molecule has 1 heterocycles. The van der Waals surface area contributed by atoms with Crippen LogP contribution in [0.15, 0.2) is 71.6 Å². The summed E-state index contributed by atoms with van der Waals surface area (Å²) in [6.07, 6.45) is 1.99. The molecular formula is C22H22FNO3. The van der Waals surface area contributed by atoms with E-state index in [4.69, 9.17) is 9.47 Å². The third-order valence-electron chi connectivity index (χ3n) is 4.48. The summed E-state index contributed by atoms with van der Waals surface area (Å²) < 4.78 is 24.1. The fourth-order valence-electron chi connectivity index (χ4n) is 3.22. The smallest absolute Gasteiger partial charge is 0.336 e. The lowest BCUT2D eigenvalue weighted by atomic mass is 9.86. The number of nitrogens with one attached hydrogen (secondary N) is 1. The van der Waals surface area contributed by atoms with Crippen LogP contribution in [0.25, 0.3) is 0 Å². The lowest BCUT2D eigenvalue weighted by molar-refractivity contribution is -0.136. The van der Waals surface area contributed by atoms with Crippen molar-refractivity contribution >= 4 is 5.97 Å². The van der Waals surface area contributed by atoms with E-state index in [-0.39, 0.29) is 17.7 Å².